The maximum absolute atomic E-state index is 10.5. The van der Waals surface area contributed by atoms with Crippen LogP contribution in [-0.2, 0) is 0 Å². The number of rotatable bonds is 1. The Bertz CT molecular complexity index is 413. The van der Waals surface area contributed by atoms with E-state index in [0.717, 1.165) is 31.3 Å². The van der Waals surface area contributed by atoms with E-state index in [1.54, 1.807) is 0 Å². The Labute approximate surface area is 103 Å². The Morgan fingerprint density at radius 3 is 2.53 bits per heavy atom. The van der Waals surface area contributed by atoms with Gasteiger partial charge in [-0.2, -0.15) is 0 Å². The molecule has 0 aliphatic heterocycles. The summed E-state index contributed by atoms with van der Waals surface area (Å²) in [6.07, 6.45) is 3.79. The lowest BCUT2D eigenvalue weighted by atomic mass is 9.71. The summed E-state index contributed by atoms with van der Waals surface area (Å²) >= 11 is 0. The van der Waals surface area contributed by atoms with Crippen molar-refractivity contribution in [2.75, 3.05) is 6.61 Å². The smallest absolute Gasteiger partial charge is 0.0821 e. The molecular weight excluding hydrogens is 212 g/mol. The first-order valence-electron chi connectivity index (χ1n) is 6.62. The van der Waals surface area contributed by atoms with Gasteiger partial charge in [-0.05, 0) is 42.2 Å². The van der Waals surface area contributed by atoms with E-state index in [1.807, 2.05) is 0 Å². The van der Waals surface area contributed by atoms with Crippen molar-refractivity contribution in [2.24, 2.45) is 16.7 Å². The molecule has 0 aromatic heterocycles. The van der Waals surface area contributed by atoms with Crippen LogP contribution in [0.1, 0.15) is 39.5 Å². The van der Waals surface area contributed by atoms with Gasteiger partial charge in [0.05, 0.1) is 12.7 Å². The Morgan fingerprint density at radius 1 is 1.35 bits per heavy atom. The van der Waals surface area contributed by atoms with Crippen LogP contribution >= 0.6 is 0 Å². The standard InChI is InChI=1S/C15H22O2/c1-9-13(17)11-7-14(2,3)6-10(11)12(8-16)15(9)4-5-15/h11,13,16-17H,1,4-8H2,2-3H3/t11-,13-/m1/s1. The highest BCUT2D eigenvalue weighted by molar-refractivity contribution is 5.47. The van der Waals surface area contributed by atoms with Crippen molar-refractivity contribution in [3.05, 3.63) is 23.3 Å². The highest BCUT2D eigenvalue weighted by atomic mass is 16.3. The molecule has 2 nitrogen and oxygen atoms in total. The summed E-state index contributed by atoms with van der Waals surface area (Å²) in [5, 5.41) is 20.2. The van der Waals surface area contributed by atoms with Crippen molar-refractivity contribution in [3.8, 4) is 0 Å². The second kappa shape index (κ2) is 3.24. The van der Waals surface area contributed by atoms with Gasteiger partial charge in [0.15, 0.2) is 0 Å². The van der Waals surface area contributed by atoms with Crippen molar-refractivity contribution in [1.82, 2.24) is 0 Å². The number of fused-ring (bicyclic) bond motifs is 1. The third kappa shape index (κ3) is 1.40. The second-order valence-corrected chi connectivity index (χ2v) is 6.87. The fourth-order valence-corrected chi connectivity index (χ4v) is 4.10. The average molecular weight is 234 g/mol. The summed E-state index contributed by atoms with van der Waals surface area (Å²) in [5.74, 6) is 0.214. The summed E-state index contributed by atoms with van der Waals surface area (Å²) in [7, 11) is 0. The van der Waals surface area contributed by atoms with Gasteiger partial charge in [-0.1, -0.05) is 26.0 Å². The molecule has 0 unspecified atom stereocenters. The zero-order chi connectivity index (χ0) is 12.4. The van der Waals surface area contributed by atoms with Gasteiger partial charge in [0.25, 0.3) is 0 Å². The molecule has 0 radical (unpaired) electrons. The molecule has 2 saturated carbocycles. The number of hydrogen-bond donors (Lipinski definition) is 2. The van der Waals surface area contributed by atoms with E-state index in [0.29, 0.717) is 0 Å². The molecule has 3 aliphatic carbocycles. The highest BCUT2D eigenvalue weighted by Gasteiger charge is 2.57. The summed E-state index contributed by atoms with van der Waals surface area (Å²) in [5.41, 5.74) is 3.73. The summed E-state index contributed by atoms with van der Waals surface area (Å²) in [6.45, 7) is 8.77. The summed E-state index contributed by atoms with van der Waals surface area (Å²) < 4.78 is 0. The molecule has 0 heterocycles. The maximum Gasteiger partial charge on any atom is 0.0821 e. The number of aliphatic hydroxyl groups is 2. The van der Waals surface area contributed by atoms with Gasteiger partial charge in [-0.3, -0.25) is 0 Å². The van der Waals surface area contributed by atoms with E-state index in [1.165, 1.54) is 11.1 Å². The topological polar surface area (TPSA) is 40.5 Å². The Morgan fingerprint density at radius 2 is 2.00 bits per heavy atom. The van der Waals surface area contributed by atoms with Crippen molar-refractivity contribution < 1.29 is 10.2 Å². The first-order chi connectivity index (χ1) is 7.91. The maximum atomic E-state index is 10.5. The normalized spacial score (nSPS) is 37.5. The van der Waals surface area contributed by atoms with Crippen LogP contribution in [0.4, 0.5) is 0 Å². The second-order valence-electron chi connectivity index (χ2n) is 6.87. The van der Waals surface area contributed by atoms with E-state index >= 15 is 0 Å². The van der Waals surface area contributed by atoms with Gasteiger partial charge < -0.3 is 10.2 Å². The Balaban J connectivity index is 2.11. The Hall–Kier alpha value is -0.600. The van der Waals surface area contributed by atoms with Gasteiger partial charge >= 0.3 is 0 Å². The molecule has 0 aromatic rings. The third-order valence-electron chi connectivity index (χ3n) is 5.12. The minimum atomic E-state index is -0.385. The Kier molecular flexibility index (Phi) is 2.19. The first-order valence-corrected chi connectivity index (χ1v) is 6.62. The minimum Gasteiger partial charge on any atom is -0.392 e. The highest BCUT2D eigenvalue weighted by Crippen LogP contribution is 2.65. The van der Waals surface area contributed by atoms with Gasteiger partial charge in [0, 0.05) is 11.3 Å². The van der Waals surface area contributed by atoms with Crippen molar-refractivity contribution >= 4 is 0 Å². The molecule has 0 aromatic carbocycles. The largest absolute Gasteiger partial charge is 0.392 e. The van der Waals surface area contributed by atoms with E-state index < -0.39 is 0 Å². The molecule has 1 spiro atoms. The molecule has 94 valence electrons. The van der Waals surface area contributed by atoms with E-state index in [2.05, 4.69) is 20.4 Å². The van der Waals surface area contributed by atoms with Gasteiger partial charge in [0.1, 0.15) is 0 Å². The van der Waals surface area contributed by atoms with Crippen molar-refractivity contribution in [1.29, 1.82) is 0 Å². The fourth-order valence-electron chi connectivity index (χ4n) is 4.10. The zero-order valence-corrected chi connectivity index (χ0v) is 10.8. The molecule has 2 heteroatoms. The molecule has 17 heavy (non-hydrogen) atoms. The van der Waals surface area contributed by atoms with Crippen LogP contribution in [0, 0.1) is 16.7 Å². The molecule has 3 aliphatic rings. The van der Waals surface area contributed by atoms with Crippen LogP contribution < -0.4 is 0 Å². The van der Waals surface area contributed by atoms with Crippen LogP contribution in [0.2, 0.25) is 0 Å². The monoisotopic (exact) mass is 234 g/mol. The number of hydrogen-bond acceptors (Lipinski definition) is 2. The predicted octanol–water partition coefficient (Wildman–Crippen LogP) is 2.42. The van der Waals surface area contributed by atoms with Gasteiger partial charge in [-0.15, -0.1) is 0 Å². The van der Waals surface area contributed by atoms with E-state index in [4.69, 9.17) is 0 Å². The predicted molar refractivity (Wildman–Crippen MR) is 67.4 cm³/mol. The molecule has 3 rings (SSSR count). The SMILES string of the molecule is C=C1[C@@H](O)[C@@H]2CC(C)(C)CC2=C(CO)C12CC2. The lowest BCUT2D eigenvalue weighted by Crippen LogP contribution is -2.34. The molecule has 0 saturated heterocycles. The van der Waals surface area contributed by atoms with Crippen LogP contribution in [0.25, 0.3) is 0 Å². The van der Waals surface area contributed by atoms with Crippen LogP contribution in [0.15, 0.2) is 23.3 Å². The average Bonchev–Trinajstić information content (AvgIpc) is 2.97. The number of aliphatic hydroxyl groups excluding tert-OH is 2. The minimum absolute atomic E-state index is 0.0274. The van der Waals surface area contributed by atoms with Gasteiger partial charge in [-0.25, -0.2) is 0 Å². The summed E-state index contributed by atoms with van der Waals surface area (Å²) in [6, 6.07) is 0. The molecule has 2 N–H and O–H groups in total. The van der Waals surface area contributed by atoms with Crippen molar-refractivity contribution in [2.45, 2.75) is 45.6 Å². The summed E-state index contributed by atoms with van der Waals surface area (Å²) in [4.78, 5) is 0. The molecule has 0 amide bonds. The van der Waals surface area contributed by atoms with Crippen LogP contribution in [0.5, 0.6) is 0 Å². The fraction of sp³-hybridized carbons (Fsp3) is 0.733. The zero-order valence-electron chi connectivity index (χ0n) is 10.8. The van der Waals surface area contributed by atoms with Gasteiger partial charge in [0.2, 0.25) is 0 Å². The van der Waals surface area contributed by atoms with Crippen LogP contribution in [0.3, 0.4) is 0 Å². The van der Waals surface area contributed by atoms with Crippen LogP contribution in [-0.4, -0.2) is 22.9 Å². The van der Waals surface area contributed by atoms with E-state index in [9.17, 15) is 10.2 Å². The molecule has 2 fully saturated rings. The quantitative estimate of drug-likeness (QED) is 0.684. The first kappa shape index (κ1) is 11.5. The van der Waals surface area contributed by atoms with E-state index in [-0.39, 0.29) is 29.5 Å². The molecular formula is C15H22O2. The third-order valence-corrected chi connectivity index (χ3v) is 5.12. The molecule has 2 atom stereocenters. The molecule has 0 bridgehead atoms. The van der Waals surface area contributed by atoms with Crippen molar-refractivity contribution in [3.63, 3.8) is 0 Å². The lowest BCUT2D eigenvalue weighted by molar-refractivity contribution is 0.129. The lowest BCUT2D eigenvalue weighted by Gasteiger charge is -2.36.